The molecule has 0 spiro atoms. The second-order valence-electron chi connectivity index (χ2n) is 8.30. The molecule has 1 saturated carbocycles. The Kier molecular flexibility index (Phi) is 10.7. The van der Waals surface area contributed by atoms with E-state index in [0.717, 1.165) is 11.5 Å². The molecular weight excluding hydrogens is 382 g/mol. The van der Waals surface area contributed by atoms with Crippen LogP contribution in [-0.2, 0) is 16.1 Å². The van der Waals surface area contributed by atoms with Crippen molar-refractivity contribution >= 4 is 11.9 Å². The smallest absolute Gasteiger partial charge is 0.321 e. The SMILES string of the molecule is COCC(C)NC(=O)NC(=O)COc1ccccc1CNC(C)CC1CCCCC1. The van der Waals surface area contributed by atoms with Crippen molar-refractivity contribution in [1.29, 1.82) is 0 Å². The van der Waals surface area contributed by atoms with Crippen LogP contribution in [0.25, 0.3) is 0 Å². The normalized spacial score (nSPS) is 16.5. The van der Waals surface area contributed by atoms with Gasteiger partial charge in [-0.15, -0.1) is 0 Å². The van der Waals surface area contributed by atoms with Crippen LogP contribution in [0.4, 0.5) is 4.79 Å². The van der Waals surface area contributed by atoms with E-state index in [1.807, 2.05) is 24.3 Å². The van der Waals surface area contributed by atoms with Crippen LogP contribution in [0.5, 0.6) is 5.75 Å². The number of ether oxygens (including phenoxy) is 2. The van der Waals surface area contributed by atoms with Gasteiger partial charge in [0.25, 0.3) is 5.91 Å². The highest BCUT2D eigenvalue weighted by molar-refractivity contribution is 5.95. The van der Waals surface area contributed by atoms with Crippen LogP contribution in [0.3, 0.4) is 0 Å². The monoisotopic (exact) mass is 419 g/mol. The second kappa shape index (κ2) is 13.2. The molecule has 0 bridgehead atoms. The van der Waals surface area contributed by atoms with Gasteiger partial charge in [-0.25, -0.2) is 4.79 Å². The first-order chi connectivity index (χ1) is 14.5. The summed E-state index contributed by atoms with van der Waals surface area (Å²) in [5.74, 6) is 0.984. The summed E-state index contributed by atoms with van der Waals surface area (Å²) < 4.78 is 10.6. The third-order valence-electron chi connectivity index (χ3n) is 5.43. The minimum absolute atomic E-state index is 0.189. The van der Waals surface area contributed by atoms with Gasteiger partial charge in [0.2, 0.25) is 0 Å². The van der Waals surface area contributed by atoms with Crippen LogP contribution in [-0.4, -0.2) is 44.3 Å². The van der Waals surface area contributed by atoms with E-state index in [2.05, 4.69) is 22.9 Å². The first kappa shape index (κ1) is 24.2. The summed E-state index contributed by atoms with van der Waals surface area (Å²) in [5, 5.41) is 8.48. The van der Waals surface area contributed by atoms with E-state index in [0.29, 0.717) is 24.9 Å². The molecule has 0 aromatic heterocycles. The van der Waals surface area contributed by atoms with E-state index in [1.165, 1.54) is 38.5 Å². The molecule has 30 heavy (non-hydrogen) atoms. The summed E-state index contributed by atoms with van der Waals surface area (Å²) >= 11 is 0. The summed E-state index contributed by atoms with van der Waals surface area (Å²) in [4.78, 5) is 23.8. The minimum atomic E-state index is -0.556. The Hall–Kier alpha value is -2.12. The lowest BCUT2D eigenvalue weighted by molar-refractivity contribution is -0.122. The predicted molar refractivity (Wildman–Crippen MR) is 117 cm³/mol. The number of rotatable bonds is 11. The van der Waals surface area contributed by atoms with Crippen molar-refractivity contribution in [2.45, 2.75) is 71.0 Å². The minimum Gasteiger partial charge on any atom is -0.483 e. The first-order valence-corrected chi connectivity index (χ1v) is 11.0. The molecule has 1 aromatic carbocycles. The van der Waals surface area contributed by atoms with Gasteiger partial charge in [0.05, 0.1) is 12.6 Å². The van der Waals surface area contributed by atoms with Gasteiger partial charge < -0.3 is 20.1 Å². The maximum absolute atomic E-state index is 12.0. The van der Waals surface area contributed by atoms with E-state index in [9.17, 15) is 9.59 Å². The number of benzene rings is 1. The second-order valence-corrected chi connectivity index (χ2v) is 8.30. The van der Waals surface area contributed by atoms with Crippen LogP contribution in [0.15, 0.2) is 24.3 Å². The fourth-order valence-corrected chi connectivity index (χ4v) is 3.94. The van der Waals surface area contributed by atoms with E-state index in [-0.39, 0.29) is 12.6 Å². The van der Waals surface area contributed by atoms with Gasteiger partial charge in [-0.2, -0.15) is 0 Å². The number of para-hydroxylation sites is 1. The van der Waals surface area contributed by atoms with Gasteiger partial charge in [-0.3, -0.25) is 10.1 Å². The molecule has 2 atom stereocenters. The van der Waals surface area contributed by atoms with Gasteiger partial charge in [0.1, 0.15) is 5.75 Å². The first-order valence-electron chi connectivity index (χ1n) is 11.0. The molecule has 168 valence electrons. The highest BCUT2D eigenvalue weighted by Crippen LogP contribution is 2.27. The molecular formula is C23H37N3O4. The zero-order valence-corrected chi connectivity index (χ0v) is 18.5. The summed E-state index contributed by atoms with van der Waals surface area (Å²) in [6.45, 7) is 4.86. The van der Waals surface area contributed by atoms with Crippen molar-refractivity contribution in [3.05, 3.63) is 29.8 Å². The van der Waals surface area contributed by atoms with Gasteiger partial charge in [-0.05, 0) is 32.3 Å². The quantitative estimate of drug-likeness (QED) is 0.512. The number of urea groups is 1. The van der Waals surface area contributed by atoms with Gasteiger partial charge in [0, 0.05) is 25.3 Å². The number of amides is 3. The Morgan fingerprint density at radius 1 is 1.10 bits per heavy atom. The number of hydrogen-bond donors (Lipinski definition) is 3. The zero-order chi connectivity index (χ0) is 21.8. The average molecular weight is 420 g/mol. The predicted octanol–water partition coefficient (Wildman–Crippen LogP) is 3.37. The molecule has 2 unspecified atom stereocenters. The van der Waals surface area contributed by atoms with Crippen LogP contribution in [0.2, 0.25) is 0 Å². The molecule has 1 aliphatic carbocycles. The molecule has 0 saturated heterocycles. The van der Waals surface area contributed by atoms with Gasteiger partial charge >= 0.3 is 6.03 Å². The molecule has 1 aliphatic rings. The van der Waals surface area contributed by atoms with Crippen LogP contribution in [0.1, 0.15) is 57.9 Å². The van der Waals surface area contributed by atoms with Crippen LogP contribution >= 0.6 is 0 Å². The lowest BCUT2D eigenvalue weighted by Crippen LogP contribution is -2.46. The van der Waals surface area contributed by atoms with E-state index in [1.54, 1.807) is 14.0 Å². The van der Waals surface area contributed by atoms with Crippen molar-refractivity contribution < 1.29 is 19.1 Å². The van der Waals surface area contributed by atoms with Gasteiger partial charge in [0.15, 0.2) is 6.61 Å². The molecule has 0 heterocycles. The number of nitrogens with one attached hydrogen (secondary N) is 3. The summed E-state index contributed by atoms with van der Waals surface area (Å²) in [7, 11) is 1.55. The third kappa shape index (κ3) is 9.13. The lowest BCUT2D eigenvalue weighted by Gasteiger charge is -2.25. The van der Waals surface area contributed by atoms with Crippen LogP contribution in [0, 0.1) is 5.92 Å². The molecule has 1 fully saturated rings. The Labute approximate surface area is 180 Å². The Morgan fingerprint density at radius 2 is 1.83 bits per heavy atom. The molecule has 0 aliphatic heterocycles. The maximum Gasteiger partial charge on any atom is 0.321 e. The van der Waals surface area contributed by atoms with Crippen molar-refractivity contribution in [2.24, 2.45) is 5.92 Å². The van der Waals surface area contributed by atoms with E-state index in [4.69, 9.17) is 9.47 Å². The number of imide groups is 1. The van der Waals surface area contributed by atoms with E-state index < -0.39 is 11.9 Å². The highest BCUT2D eigenvalue weighted by atomic mass is 16.5. The van der Waals surface area contributed by atoms with Crippen molar-refractivity contribution in [2.75, 3.05) is 20.3 Å². The fourth-order valence-electron chi connectivity index (χ4n) is 3.94. The Bertz CT molecular complexity index is 662. The Balaban J connectivity index is 1.76. The topological polar surface area (TPSA) is 88.7 Å². The molecule has 7 heteroatoms. The summed E-state index contributed by atoms with van der Waals surface area (Å²) in [6, 6.07) is 7.36. The van der Waals surface area contributed by atoms with E-state index >= 15 is 0 Å². The standard InChI is InChI=1S/C23H37N3O4/c1-17(13-19-9-5-4-6-10-19)24-14-20-11-7-8-12-21(20)30-16-22(27)26-23(28)25-18(2)15-29-3/h7-8,11-12,17-19,24H,4-6,9-10,13-16H2,1-3H3,(H2,25,26,27,28). The number of carbonyl (C=O) groups excluding carboxylic acids is 2. The number of carbonyl (C=O) groups is 2. The fraction of sp³-hybridized carbons (Fsp3) is 0.652. The van der Waals surface area contributed by atoms with Crippen molar-refractivity contribution in [1.82, 2.24) is 16.0 Å². The van der Waals surface area contributed by atoms with Crippen LogP contribution < -0.4 is 20.7 Å². The summed E-state index contributed by atoms with van der Waals surface area (Å²) in [5.41, 5.74) is 0.999. The molecule has 3 N–H and O–H groups in total. The highest BCUT2D eigenvalue weighted by Gasteiger charge is 2.17. The third-order valence-corrected chi connectivity index (χ3v) is 5.43. The number of hydrogen-bond acceptors (Lipinski definition) is 5. The number of methoxy groups -OCH3 is 1. The zero-order valence-electron chi connectivity index (χ0n) is 18.5. The van der Waals surface area contributed by atoms with Crippen molar-refractivity contribution in [3.63, 3.8) is 0 Å². The molecule has 3 amide bonds. The largest absolute Gasteiger partial charge is 0.483 e. The Morgan fingerprint density at radius 3 is 2.57 bits per heavy atom. The van der Waals surface area contributed by atoms with Crippen molar-refractivity contribution in [3.8, 4) is 5.75 Å². The molecule has 2 rings (SSSR count). The average Bonchev–Trinajstić information content (AvgIpc) is 2.72. The van der Waals surface area contributed by atoms with Gasteiger partial charge in [-0.1, -0.05) is 50.3 Å². The lowest BCUT2D eigenvalue weighted by atomic mass is 9.85. The summed E-state index contributed by atoms with van der Waals surface area (Å²) in [6.07, 6.45) is 7.99. The molecule has 7 nitrogen and oxygen atoms in total. The maximum atomic E-state index is 12.0. The molecule has 1 aromatic rings. The molecule has 0 radical (unpaired) electrons.